The SMILES string of the molecule is CC(=O)c1ccc(OCc2ccc(C(=O)Nc3ccn(Cc4ccccc4F)n3)o2)cc1. The fraction of sp³-hybridized carbons (Fsp3) is 0.125. The van der Waals surface area contributed by atoms with Crippen molar-refractivity contribution in [3.63, 3.8) is 0 Å². The predicted molar refractivity (Wildman–Crippen MR) is 115 cm³/mol. The van der Waals surface area contributed by atoms with E-state index in [9.17, 15) is 14.0 Å². The number of hydrogen-bond acceptors (Lipinski definition) is 5. The van der Waals surface area contributed by atoms with Crippen molar-refractivity contribution in [1.82, 2.24) is 9.78 Å². The molecule has 0 aliphatic carbocycles. The molecule has 32 heavy (non-hydrogen) atoms. The first-order valence-electron chi connectivity index (χ1n) is 9.88. The third kappa shape index (κ3) is 5.10. The summed E-state index contributed by atoms with van der Waals surface area (Å²) in [6, 6.07) is 18.0. The van der Waals surface area contributed by atoms with Crippen LogP contribution < -0.4 is 10.1 Å². The lowest BCUT2D eigenvalue weighted by atomic mass is 10.1. The molecule has 0 radical (unpaired) electrons. The van der Waals surface area contributed by atoms with Crippen LogP contribution in [0, 0.1) is 5.82 Å². The highest BCUT2D eigenvalue weighted by Crippen LogP contribution is 2.17. The van der Waals surface area contributed by atoms with Gasteiger partial charge in [0.25, 0.3) is 5.91 Å². The number of Topliss-reactive ketones (excluding diaryl/α,β-unsaturated/α-hetero) is 1. The Morgan fingerprint density at radius 1 is 1.06 bits per heavy atom. The average Bonchev–Trinajstić information content (AvgIpc) is 3.44. The molecule has 1 N–H and O–H groups in total. The molecule has 2 heterocycles. The number of carbonyl (C=O) groups excluding carboxylic acids is 2. The van der Waals surface area contributed by atoms with Gasteiger partial charge in [-0.2, -0.15) is 5.10 Å². The van der Waals surface area contributed by atoms with Gasteiger partial charge < -0.3 is 14.5 Å². The molecule has 2 aromatic carbocycles. The molecule has 0 spiro atoms. The third-order valence-electron chi connectivity index (χ3n) is 4.70. The molecule has 0 unspecified atom stereocenters. The maximum absolute atomic E-state index is 13.8. The van der Waals surface area contributed by atoms with Crippen LogP contribution in [0.2, 0.25) is 0 Å². The van der Waals surface area contributed by atoms with Gasteiger partial charge in [-0.05, 0) is 49.4 Å². The van der Waals surface area contributed by atoms with E-state index in [1.165, 1.54) is 17.7 Å². The number of benzene rings is 2. The standard InChI is InChI=1S/C24H20FN3O4/c1-16(29)17-6-8-19(9-7-17)31-15-20-10-11-22(32-20)24(30)26-23-12-13-28(27-23)14-18-4-2-3-5-21(18)25/h2-13H,14-15H2,1H3,(H,26,27,30). The number of nitrogens with zero attached hydrogens (tertiary/aromatic N) is 2. The lowest BCUT2D eigenvalue weighted by Crippen LogP contribution is -2.12. The average molecular weight is 433 g/mol. The number of nitrogens with one attached hydrogen (secondary N) is 1. The minimum absolute atomic E-state index is 0.0182. The van der Waals surface area contributed by atoms with E-state index in [2.05, 4.69) is 10.4 Å². The van der Waals surface area contributed by atoms with Crippen molar-refractivity contribution >= 4 is 17.5 Å². The zero-order chi connectivity index (χ0) is 22.5. The minimum atomic E-state index is -0.460. The molecule has 4 rings (SSSR count). The van der Waals surface area contributed by atoms with Crippen molar-refractivity contribution in [2.24, 2.45) is 0 Å². The Kier molecular flexibility index (Phi) is 6.12. The fourth-order valence-corrected chi connectivity index (χ4v) is 3.01. The summed E-state index contributed by atoms with van der Waals surface area (Å²) in [6.45, 7) is 1.88. The van der Waals surface area contributed by atoms with Gasteiger partial charge in [0.15, 0.2) is 17.4 Å². The predicted octanol–water partition coefficient (Wildman–Crippen LogP) is 4.70. The molecule has 0 aliphatic heterocycles. The first-order chi connectivity index (χ1) is 15.5. The van der Waals surface area contributed by atoms with Crippen LogP contribution in [0.1, 0.15) is 39.2 Å². The van der Waals surface area contributed by atoms with Crippen LogP contribution in [0.4, 0.5) is 10.2 Å². The van der Waals surface area contributed by atoms with Gasteiger partial charge in [0.2, 0.25) is 0 Å². The van der Waals surface area contributed by atoms with Gasteiger partial charge in [-0.15, -0.1) is 0 Å². The highest BCUT2D eigenvalue weighted by atomic mass is 19.1. The third-order valence-corrected chi connectivity index (χ3v) is 4.70. The molecule has 0 saturated heterocycles. The molecule has 2 aromatic heterocycles. The normalized spacial score (nSPS) is 10.7. The number of aromatic nitrogens is 2. The van der Waals surface area contributed by atoms with Gasteiger partial charge in [0.05, 0.1) is 6.54 Å². The summed E-state index contributed by atoms with van der Waals surface area (Å²) in [5.74, 6) is 0.696. The molecule has 0 saturated carbocycles. The molecule has 0 bridgehead atoms. The van der Waals surface area contributed by atoms with Gasteiger partial charge >= 0.3 is 0 Å². The summed E-state index contributed by atoms with van der Waals surface area (Å²) in [5.41, 5.74) is 1.10. The Balaban J connectivity index is 1.32. The number of carbonyl (C=O) groups is 2. The second-order valence-electron chi connectivity index (χ2n) is 7.08. The number of ether oxygens (including phenoxy) is 1. The van der Waals surface area contributed by atoms with Gasteiger partial charge in [-0.1, -0.05) is 18.2 Å². The van der Waals surface area contributed by atoms with E-state index in [0.717, 1.165) is 0 Å². The van der Waals surface area contributed by atoms with Crippen LogP contribution in [0.15, 0.2) is 77.3 Å². The van der Waals surface area contributed by atoms with Gasteiger partial charge in [0, 0.05) is 23.4 Å². The lowest BCUT2D eigenvalue weighted by molar-refractivity contribution is 0.0990. The first-order valence-corrected chi connectivity index (χ1v) is 9.88. The second kappa shape index (κ2) is 9.30. The van der Waals surface area contributed by atoms with E-state index in [4.69, 9.17) is 9.15 Å². The van der Waals surface area contributed by atoms with Crippen LogP contribution in [0.5, 0.6) is 5.75 Å². The monoisotopic (exact) mass is 433 g/mol. The Morgan fingerprint density at radius 3 is 2.59 bits per heavy atom. The van der Waals surface area contributed by atoms with Gasteiger partial charge in [-0.25, -0.2) is 4.39 Å². The van der Waals surface area contributed by atoms with Gasteiger partial charge in [0.1, 0.15) is 23.9 Å². The van der Waals surface area contributed by atoms with E-state index in [1.807, 2.05) is 0 Å². The molecule has 0 atom stereocenters. The van der Waals surface area contributed by atoms with E-state index < -0.39 is 5.91 Å². The van der Waals surface area contributed by atoms with Gasteiger partial charge in [-0.3, -0.25) is 14.3 Å². The molecular formula is C24H20FN3O4. The smallest absolute Gasteiger partial charge is 0.292 e. The summed E-state index contributed by atoms with van der Waals surface area (Å²) in [4.78, 5) is 23.8. The topological polar surface area (TPSA) is 86.4 Å². The number of furan rings is 1. The molecule has 162 valence electrons. The molecule has 4 aromatic rings. The highest BCUT2D eigenvalue weighted by molar-refractivity contribution is 6.01. The molecule has 1 amide bonds. The minimum Gasteiger partial charge on any atom is -0.486 e. The number of hydrogen-bond donors (Lipinski definition) is 1. The number of amides is 1. The largest absolute Gasteiger partial charge is 0.486 e. The summed E-state index contributed by atoms with van der Waals surface area (Å²) in [7, 11) is 0. The van der Waals surface area contributed by atoms with E-state index in [0.29, 0.717) is 28.5 Å². The number of ketones is 1. The summed E-state index contributed by atoms with van der Waals surface area (Å²) in [6.07, 6.45) is 1.65. The molecule has 0 aliphatic rings. The summed E-state index contributed by atoms with van der Waals surface area (Å²) in [5, 5.41) is 6.89. The Morgan fingerprint density at radius 2 is 1.84 bits per heavy atom. The van der Waals surface area contributed by atoms with E-state index >= 15 is 0 Å². The van der Waals surface area contributed by atoms with Crippen LogP contribution in [0.3, 0.4) is 0 Å². The Hall–Kier alpha value is -4.20. The van der Waals surface area contributed by atoms with Crippen LogP contribution in [-0.2, 0) is 13.2 Å². The number of rotatable bonds is 8. The van der Waals surface area contributed by atoms with E-state index in [1.54, 1.807) is 66.9 Å². The Bertz CT molecular complexity index is 1240. The van der Waals surface area contributed by atoms with Crippen LogP contribution in [-0.4, -0.2) is 21.5 Å². The zero-order valence-electron chi connectivity index (χ0n) is 17.2. The lowest BCUT2D eigenvalue weighted by Gasteiger charge is -2.05. The quantitative estimate of drug-likeness (QED) is 0.407. The number of anilines is 1. The van der Waals surface area contributed by atoms with Crippen LogP contribution >= 0.6 is 0 Å². The maximum Gasteiger partial charge on any atom is 0.292 e. The molecule has 8 heteroatoms. The van der Waals surface area contributed by atoms with Crippen molar-refractivity contribution in [2.75, 3.05) is 5.32 Å². The highest BCUT2D eigenvalue weighted by Gasteiger charge is 2.14. The van der Waals surface area contributed by atoms with E-state index in [-0.39, 0.29) is 30.5 Å². The second-order valence-corrected chi connectivity index (χ2v) is 7.08. The summed E-state index contributed by atoms with van der Waals surface area (Å²) < 4.78 is 26.5. The summed E-state index contributed by atoms with van der Waals surface area (Å²) >= 11 is 0. The van der Waals surface area contributed by atoms with Crippen molar-refractivity contribution < 1.29 is 23.1 Å². The van der Waals surface area contributed by atoms with Crippen molar-refractivity contribution in [3.8, 4) is 5.75 Å². The fourth-order valence-electron chi connectivity index (χ4n) is 3.01. The first kappa shape index (κ1) is 21.0. The van der Waals surface area contributed by atoms with Crippen molar-refractivity contribution in [3.05, 3.63) is 101 Å². The van der Waals surface area contributed by atoms with Crippen molar-refractivity contribution in [1.29, 1.82) is 0 Å². The molecular weight excluding hydrogens is 413 g/mol. The number of halogens is 1. The Labute approximate surface area is 183 Å². The van der Waals surface area contributed by atoms with Crippen LogP contribution in [0.25, 0.3) is 0 Å². The molecule has 7 nitrogen and oxygen atoms in total. The molecule has 0 fully saturated rings. The maximum atomic E-state index is 13.8. The van der Waals surface area contributed by atoms with Crippen molar-refractivity contribution in [2.45, 2.75) is 20.1 Å². The zero-order valence-corrected chi connectivity index (χ0v) is 17.2.